The van der Waals surface area contributed by atoms with Crippen LogP contribution in [0.4, 0.5) is 5.69 Å². The van der Waals surface area contributed by atoms with Gasteiger partial charge in [-0.1, -0.05) is 56.2 Å². The van der Waals surface area contributed by atoms with Gasteiger partial charge in [0.15, 0.2) is 0 Å². The summed E-state index contributed by atoms with van der Waals surface area (Å²) in [5.41, 5.74) is 2.55. The van der Waals surface area contributed by atoms with Gasteiger partial charge in [0.25, 0.3) is 5.91 Å². The number of nitrogens with one attached hydrogen (secondary N) is 1. The Hall–Kier alpha value is -3.87. The number of carbonyl (C=O) groups excluding carboxylic acids is 3. The summed E-state index contributed by atoms with van der Waals surface area (Å²) in [5, 5.41) is 5.21. The summed E-state index contributed by atoms with van der Waals surface area (Å²) in [6, 6.07) is 19.0. The van der Waals surface area contributed by atoms with Crippen molar-refractivity contribution in [2.75, 3.05) is 18.6 Å². The van der Waals surface area contributed by atoms with E-state index in [-0.39, 0.29) is 30.2 Å². The first-order valence-electron chi connectivity index (χ1n) is 14.1. The topological polar surface area (TPSA) is 79.0 Å². The zero-order valence-corrected chi connectivity index (χ0v) is 22.8. The van der Waals surface area contributed by atoms with Crippen LogP contribution in [0, 0.1) is 0 Å². The molecule has 1 unspecified atom stereocenters. The molecule has 39 heavy (non-hydrogen) atoms. The SMILES string of the molecule is CCC(C(=O)NC1CCCC1)N(Cc1ccc(OC)cc1)C(=O)CCCN1C(=O)c2cccc3cccc1c23. The first-order chi connectivity index (χ1) is 19.0. The molecule has 0 spiro atoms. The molecule has 1 aliphatic heterocycles. The number of rotatable bonds is 11. The number of carbonyl (C=O) groups is 3. The van der Waals surface area contributed by atoms with Gasteiger partial charge in [0.2, 0.25) is 11.8 Å². The lowest BCUT2D eigenvalue weighted by Crippen LogP contribution is -2.51. The highest BCUT2D eigenvalue weighted by atomic mass is 16.5. The van der Waals surface area contributed by atoms with E-state index < -0.39 is 6.04 Å². The number of anilines is 1. The van der Waals surface area contributed by atoms with Crippen LogP contribution in [0.5, 0.6) is 5.75 Å². The fourth-order valence-electron chi connectivity index (χ4n) is 5.95. The molecule has 1 heterocycles. The van der Waals surface area contributed by atoms with E-state index in [1.807, 2.05) is 67.6 Å². The van der Waals surface area contributed by atoms with Crippen LogP contribution >= 0.6 is 0 Å². The summed E-state index contributed by atoms with van der Waals surface area (Å²) >= 11 is 0. The van der Waals surface area contributed by atoms with Crippen LogP contribution in [0.2, 0.25) is 0 Å². The molecule has 5 rings (SSSR count). The zero-order valence-electron chi connectivity index (χ0n) is 22.8. The minimum atomic E-state index is -0.549. The van der Waals surface area contributed by atoms with Crippen molar-refractivity contribution in [1.82, 2.24) is 10.2 Å². The Bertz CT molecular complexity index is 1340. The van der Waals surface area contributed by atoms with Gasteiger partial charge in [-0.05, 0) is 60.9 Å². The fourth-order valence-corrected chi connectivity index (χ4v) is 5.95. The van der Waals surface area contributed by atoms with Gasteiger partial charge in [-0.2, -0.15) is 0 Å². The molecule has 0 radical (unpaired) electrons. The molecule has 0 aromatic heterocycles. The van der Waals surface area contributed by atoms with Crippen LogP contribution in [0.1, 0.15) is 67.8 Å². The summed E-state index contributed by atoms with van der Waals surface area (Å²) in [4.78, 5) is 43.7. The van der Waals surface area contributed by atoms with Crippen molar-refractivity contribution in [2.45, 2.75) is 70.5 Å². The quantitative estimate of drug-likeness (QED) is 0.359. The third-order valence-corrected chi connectivity index (χ3v) is 8.02. The largest absolute Gasteiger partial charge is 0.497 e. The smallest absolute Gasteiger partial charge is 0.258 e. The molecule has 1 N–H and O–H groups in total. The minimum Gasteiger partial charge on any atom is -0.497 e. The highest BCUT2D eigenvalue weighted by molar-refractivity contribution is 6.25. The summed E-state index contributed by atoms with van der Waals surface area (Å²) in [5.74, 6) is 0.561. The van der Waals surface area contributed by atoms with E-state index in [0.29, 0.717) is 31.5 Å². The minimum absolute atomic E-state index is 0.0216. The number of methoxy groups -OCH3 is 1. The summed E-state index contributed by atoms with van der Waals surface area (Å²) in [6.07, 6.45) is 5.53. The Kier molecular flexibility index (Phi) is 8.15. The molecule has 3 amide bonds. The van der Waals surface area contributed by atoms with Crippen molar-refractivity contribution in [3.63, 3.8) is 0 Å². The monoisotopic (exact) mass is 527 g/mol. The molecular formula is C32H37N3O4. The summed E-state index contributed by atoms with van der Waals surface area (Å²) in [7, 11) is 1.62. The van der Waals surface area contributed by atoms with E-state index in [0.717, 1.165) is 53.5 Å². The normalized spacial score (nSPS) is 15.5. The first-order valence-corrected chi connectivity index (χ1v) is 14.1. The average Bonchev–Trinajstić information content (AvgIpc) is 3.56. The van der Waals surface area contributed by atoms with Crippen LogP contribution in [0.25, 0.3) is 10.8 Å². The van der Waals surface area contributed by atoms with Gasteiger partial charge in [0, 0.05) is 36.5 Å². The second-order valence-electron chi connectivity index (χ2n) is 10.5. The maximum Gasteiger partial charge on any atom is 0.258 e. The van der Waals surface area contributed by atoms with Crippen molar-refractivity contribution in [1.29, 1.82) is 0 Å². The Labute approximate surface area is 230 Å². The third-order valence-electron chi connectivity index (χ3n) is 8.02. The van der Waals surface area contributed by atoms with Crippen molar-refractivity contribution in [2.24, 2.45) is 0 Å². The van der Waals surface area contributed by atoms with E-state index >= 15 is 0 Å². The maximum absolute atomic E-state index is 13.7. The van der Waals surface area contributed by atoms with Crippen LogP contribution in [-0.2, 0) is 16.1 Å². The second kappa shape index (κ2) is 11.9. The molecule has 7 heteroatoms. The van der Waals surface area contributed by atoms with Crippen molar-refractivity contribution in [3.8, 4) is 5.75 Å². The summed E-state index contributed by atoms with van der Waals surface area (Å²) in [6.45, 7) is 2.74. The molecule has 0 bridgehead atoms. The molecule has 3 aromatic rings. The molecule has 1 saturated carbocycles. The molecular weight excluding hydrogens is 490 g/mol. The van der Waals surface area contributed by atoms with Crippen molar-refractivity contribution >= 4 is 34.2 Å². The predicted molar refractivity (Wildman–Crippen MR) is 153 cm³/mol. The van der Waals surface area contributed by atoms with E-state index in [1.165, 1.54) is 0 Å². The van der Waals surface area contributed by atoms with Gasteiger partial charge >= 0.3 is 0 Å². The predicted octanol–water partition coefficient (Wildman–Crippen LogP) is 5.46. The van der Waals surface area contributed by atoms with Gasteiger partial charge in [-0.15, -0.1) is 0 Å². The Balaban J connectivity index is 1.29. The van der Waals surface area contributed by atoms with E-state index in [2.05, 4.69) is 5.32 Å². The number of ether oxygens (including phenoxy) is 1. The lowest BCUT2D eigenvalue weighted by atomic mass is 10.1. The highest BCUT2D eigenvalue weighted by Crippen LogP contribution is 2.37. The number of hydrogen-bond acceptors (Lipinski definition) is 4. The van der Waals surface area contributed by atoms with Crippen LogP contribution in [-0.4, -0.2) is 48.4 Å². The fraction of sp³-hybridized carbons (Fsp3) is 0.406. The number of nitrogens with zero attached hydrogens (tertiary/aromatic N) is 2. The lowest BCUT2D eigenvalue weighted by Gasteiger charge is -2.32. The van der Waals surface area contributed by atoms with Crippen molar-refractivity contribution in [3.05, 3.63) is 71.8 Å². The first kappa shape index (κ1) is 26.7. The molecule has 2 aliphatic rings. The Morgan fingerprint density at radius 2 is 1.77 bits per heavy atom. The molecule has 1 aliphatic carbocycles. The van der Waals surface area contributed by atoms with E-state index in [9.17, 15) is 14.4 Å². The van der Waals surface area contributed by atoms with Crippen LogP contribution in [0.3, 0.4) is 0 Å². The lowest BCUT2D eigenvalue weighted by molar-refractivity contribution is -0.141. The van der Waals surface area contributed by atoms with Gasteiger partial charge in [0.05, 0.1) is 12.8 Å². The average molecular weight is 528 g/mol. The summed E-state index contributed by atoms with van der Waals surface area (Å²) < 4.78 is 5.28. The van der Waals surface area contributed by atoms with Crippen LogP contribution < -0.4 is 15.0 Å². The number of benzene rings is 3. The Morgan fingerprint density at radius 1 is 1.05 bits per heavy atom. The third kappa shape index (κ3) is 5.63. The highest BCUT2D eigenvalue weighted by Gasteiger charge is 2.32. The molecule has 0 saturated heterocycles. The van der Waals surface area contributed by atoms with Gasteiger partial charge in [0.1, 0.15) is 11.8 Å². The molecule has 204 valence electrons. The van der Waals surface area contributed by atoms with Crippen LogP contribution in [0.15, 0.2) is 60.7 Å². The zero-order chi connectivity index (χ0) is 27.4. The van der Waals surface area contributed by atoms with E-state index in [4.69, 9.17) is 4.74 Å². The Morgan fingerprint density at radius 3 is 2.46 bits per heavy atom. The standard InChI is InChI=1S/C32H37N3O4/c1-3-27(31(37)33-24-11-4-5-12-24)35(21-22-16-18-25(39-2)19-17-22)29(36)15-8-20-34-28-14-7-10-23-9-6-13-26(30(23)28)32(34)38/h6-7,9-10,13-14,16-19,24,27H,3-5,8,11-12,15,20-21H2,1-2H3,(H,33,37). The molecule has 7 nitrogen and oxygen atoms in total. The number of hydrogen-bond donors (Lipinski definition) is 1. The second-order valence-corrected chi connectivity index (χ2v) is 10.5. The van der Waals surface area contributed by atoms with Gasteiger partial charge in [-0.3, -0.25) is 14.4 Å². The molecule has 1 fully saturated rings. The van der Waals surface area contributed by atoms with Gasteiger partial charge < -0.3 is 19.9 Å². The number of amides is 3. The van der Waals surface area contributed by atoms with Gasteiger partial charge in [-0.25, -0.2) is 0 Å². The van der Waals surface area contributed by atoms with E-state index in [1.54, 1.807) is 16.9 Å². The molecule has 1 atom stereocenters. The maximum atomic E-state index is 13.7. The van der Waals surface area contributed by atoms with Crippen molar-refractivity contribution < 1.29 is 19.1 Å². The molecule has 3 aromatic carbocycles.